The van der Waals surface area contributed by atoms with E-state index in [9.17, 15) is 0 Å². The molecule has 0 atom stereocenters. The zero-order valence-corrected chi connectivity index (χ0v) is 57.9. The summed E-state index contributed by atoms with van der Waals surface area (Å²) < 4.78 is 44.2. The molecule has 0 amide bonds. The molecule has 2 aliphatic heterocycles. The molecule has 16 aromatic carbocycles. The van der Waals surface area contributed by atoms with E-state index in [4.69, 9.17) is 0 Å². The molecule has 0 spiro atoms. The van der Waals surface area contributed by atoms with Gasteiger partial charge in [0.1, 0.15) is 0 Å². The van der Waals surface area contributed by atoms with Gasteiger partial charge < -0.3 is 27.4 Å². The Balaban J connectivity index is 0.664. The third-order valence-corrected chi connectivity index (χ3v) is 28.5. The Hall–Kier alpha value is -12.8. The maximum absolute atomic E-state index is 17.4. The first-order valence-electron chi connectivity index (χ1n) is 35.5. The first-order chi connectivity index (χ1) is 51.3. The number of aromatic nitrogens is 4. The minimum absolute atomic E-state index is 0.730. The maximum atomic E-state index is 17.4. The normalized spacial score (nSPS) is 13.4. The van der Waals surface area contributed by atoms with Gasteiger partial charge in [-0.05, 0) is 190 Å². The van der Waals surface area contributed by atoms with Gasteiger partial charge in [0.2, 0.25) is 0 Å². The number of benzene rings is 16. The van der Waals surface area contributed by atoms with Gasteiger partial charge in [-0.3, -0.25) is 0 Å². The van der Waals surface area contributed by atoms with Crippen molar-refractivity contribution in [2.24, 2.45) is 0 Å². The average Bonchev–Trinajstić information content (AvgIpc) is 1.49. The zero-order valence-electron chi connectivity index (χ0n) is 56.1. The molecule has 0 radical (unpaired) electrons. The second-order valence-electron chi connectivity index (χ2n) is 27.8. The van der Waals surface area contributed by atoms with Crippen molar-refractivity contribution < 1.29 is 9.13 Å². The minimum Gasteiger partial charge on any atom is -0.309 e. The topological polar surface area (TPSA) is 53.9 Å². The lowest BCUT2D eigenvalue weighted by Crippen LogP contribution is -2.28. The lowest BCUT2D eigenvalue weighted by Gasteiger charge is -2.24. The van der Waals surface area contributed by atoms with Crippen LogP contribution >= 0.6 is 14.3 Å². The molecule has 0 saturated carbocycles. The number of hydrogen-bond acceptors (Lipinski definition) is 2. The first kappa shape index (κ1) is 58.9. The number of rotatable bonds is 10. The summed E-state index contributed by atoms with van der Waals surface area (Å²) >= 11 is 0. The highest BCUT2D eigenvalue weighted by atomic mass is 31.2. The average molecular weight is 1360 g/mol. The summed E-state index contributed by atoms with van der Waals surface area (Å²) in [4.78, 5) is 0. The van der Waals surface area contributed by atoms with Crippen LogP contribution in [0.25, 0.3) is 166 Å². The summed E-state index contributed by atoms with van der Waals surface area (Å²) in [5.41, 5.74) is 23.2. The Bertz CT molecular complexity index is 6680. The van der Waals surface area contributed by atoms with Crippen LogP contribution in [0.15, 0.2) is 364 Å². The van der Waals surface area contributed by atoms with Crippen LogP contribution in [0.2, 0.25) is 0 Å². The van der Waals surface area contributed by atoms with Gasteiger partial charge in [0.25, 0.3) is 0 Å². The van der Waals surface area contributed by atoms with Crippen molar-refractivity contribution in [2.75, 3.05) is 0 Å². The van der Waals surface area contributed by atoms with Crippen LogP contribution in [0, 0.1) is 0 Å². The van der Waals surface area contributed by atoms with Crippen LogP contribution in [0.5, 0.6) is 0 Å². The Labute approximate surface area is 599 Å². The summed E-state index contributed by atoms with van der Waals surface area (Å²) in [6.07, 6.45) is 0. The molecule has 22 rings (SSSR count). The second kappa shape index (κ2) is 22.3. The van der Waals surface area contributed by atoms with Gasteiger partial charge in [-0.15, -0.1) is 0 Å². The number of fused-ring (bicyclic) bond motifs is 12. The zero-order chi connectivity index (χ0) is 68.5. The molecule has 0 saturated heterocycles. The van der Waals surface area contributed by atoms with Crippen molar-refractivity contribution in [2.45, 2.75) is 0 Å². The Morgan fingerprint density at radius 2 is 0.413 bits per heavy atom. The van der Waals surface area contributed by atoms with Crippen LogP contribution in [0.3, 0.4) is 0 Å². The molecule has 8 heteroatoms. The molecular weight excluding hydrogens is 1300 g/mol. The SMILES string of the molecule is O=P1(c2ccccc2)c2cc(-c3cccc(-n4c5ccccc5c5cc(-c6ccc7c(c6)c6ccccc6n7-c6ccccc6)ccc54)c3)cc3c2-c2c1cc(-c1cccc(-n4c5ccccc5c5cc(-c6ccc7c(c6)c6ccccc6n7-c6ccccc6)ccc54)c1)cc2P3(=O)c1ccccc1. The second-order valence-corrected chi connectivity index (χ2v) is 33.2. The fourth-order valence-corrected chi connectivity index (χ4v) is 24.1. The first-order valence-corrected chi connectivity index (χ1v) is 38.9. The molecule has 20 aromatic rings. The van der Waals surface area contributed by atoms with E-state index in [1.807, 2.05) is 60.7 Å². The molecular formula is C96H60N4O2P2. The monoisotopic (exact) mass is 1360 g/mol. The van der Waals surface area contributed by atoms with E-state index in [0.717, 1.165) is 154 Å². The predicted molar refractivity (Wildman–Crippen MR) is 437 cm³/mol. The molecule has 6 heterocycles. The van der Waals surface area contributed by atoms with Crippen LogP contribution in [-0.4, -0.2) is 18.3 Å². The van der Waals surface area contributed by atoms with E-state index in [-0.39, 0.29) is 0 Å². The third-order valence-electron chi connectivity index (χ3n) is 22.3. The highest BCUT2D eigenvalue weighted by Crippen LogP contribution is 2.62. The van der Waals surface area contributed by atoms with Gasteiger partial charge in [0.15, 0.2) is 14.3 Å². The van der Waals surface area contributed by atoms with Crippen LogP contribution in [0.1, 0.15) is 0 Å². The summed E-state index contributed by atoms with van der Waals surface area (Å²) in [5, 5.41) is 13.9. The van der Waals surface area contributed by atoms with Gasteiger partial charge in [-0.25, -0.2) is 0 Å². The van der Waals surface area contributed by atoms with E-state index in [1.165, 1.54) is 43.6 Å². The van der Waals surface area contributed by atoms with Crippen LogP contribution in [0.4, 0.5) is 0 Å². The molecule has 486 valence electrons. The maximum Gasteiger partial charge on any atom is 0.172 e. The molecule has 0 N–H and O–H groups in total. The fraction of sp³-hybridized carbons (Fsp3) is 0. The highest BCUT2D eigenvalue weighted by molar-refractivity contribution is 7.90. The van der Waals surface area contributed by atoms with Gasteiger partial charge in [0.05, 0.1) is 44.1 Å². The van der Waals surface area contributed by atoms with Gasteiger partial charge in [-0.1, -0.05) is 218 Å². The fourth-order valence-electron chi connectivity index (χ4n) is 17.7. The molecule has 0 fully saturated rings. The van der Waals surface area contributed by atoms with Crippen molar-refractivity contribution in [3.63, 3.8) is 0 Å². The summed E-state index contributed by atoms with van der Waals surface area (Å²) in [6.45, 7) is 0. The van der Waals surface area contributed by atoms with Gasteiger partial charge >= 0.3 is 0 Å². The molecule has 4 aromatic heterocycles. The van der Waals surface area contributed by atoms with Crippen molar-refractivity contribution in [1.82, 2.24) is 18.3 Å². The molecule has 2 aliphatic rings. The van der Waals surface area contributed by atoms with Gasteiger partial charge in [-0.2, -0.15) is 0 Å². The van der Waals surface area contributed by atoms with E-state index < -0.39 is 14.3 Å². The molecule has 104 heavy (non-hydrogen) atoms. The third kappa shape index (κ3) is 8.41. The molecule has 0 aliphatic carbocycles. The largest absolute Gasteiger partial charge is 0.309 e. The number of nitrogens with zero attached hydrogens (tertiary/aromatic N) is 4. The summed E-state index contributed by atoms with van der Waals surface area (Å²) in [6, 6.07) is 130. The highest BCUT2D eigenvalue weighted by Gasteiger charge is 2.53. The standard InChI is InChI=1S/C96H60N4O2P2/c101-103(73-31-9-3-10-32-73)91-57-67(61-23-21-29-71(51-61)99-85-41-19-15-37-77(85)81-55-65(45-49-89(81)99)63-43-47-87-79(53-63)75-35-13-17-39-83(75)97(87)69-25-5-1-6-26-69)58-92-95(91)96-93(103)59-68(60-94(96)104(92,102)74-33-11-4-12-34-74)62-24-22-30-72(52-62)100-86-42-20-16-38-78(86)82-56-66(46-50-90(82)100)64-44-48-88-80(54-64)76-36-14-18-40-84(76)98(88)70-27-7-2-8-28-70/h1-60H. The van der Waals surface area contributed by atoms with Crippen LogP contribution in [-0.2, 0) is 9.13 Å². The summed E-state index contributed by atoms with van der Waals surface area (Å²) in [5.74, 6) is 0. The van der Waals surface area contributed by atoms with Gasteiger partial charge in [0, 0.05) is 109 Å². The van der Waals surface area contributed by atoms with E-state index >= 15 is 9.13 Å². The Morgan fingerprint density at radius 3 is 0.721 bits per heavy atom. The summed E-state index contributed by atoms with van der Waals surface area (Å²) in [7, 11) is -7.31. The van der Waals surface area contributed by atoms with Crippen molar-refractivity contribution in [1.29, 1.82) is 0 Å². The quantitative estimate of drug-likeness (QED) is 0.128. The predicted octanol–water partition coefficient (Wildman–Crippen LogP) is 22.3. The Kier molecular flexibility index (Phi) is 12.7. The van der Waals surface area contributed by atoms with Crippen molar-refractivity contribution in [3.8, 4) is 78.4 Å². The Morgan fingerprint density at radius 1 is 0.173 bits per heavy atom. The minimum atomic E-state index is -3.65. The number of hydrogen-bond donors (Lipinski definition) is 0. The van der Waals surface area contributed by atoms with E-state index in [0.29, 0.717) is 0 Å². The van der Waals surface area contributed by atoms with Crippen LogP contribution < -0.4 is 31.8 Å². The molecule has 0 unspecified atom stereocenters. The number of para-hydroxylation sites is 6. The molecule has 0 bridgehead atoms. The van der Waals surface area contributed by atoms with Crippen molar-refractivity contribution in [3.05, 3.63) is 364 Å². The smallest absolute Gasteiger partial charge is 0.172 e. The van der Waals surface area contributed by atoms with Crippen molar-refractivity contribution >= 4 is 133 Å². The van der Waals surface area contributed by atoms with E-state index in [2.05, 4.69) is 322 Å². The van der Waals surface area contributed by atoms with E-state index in [1.54, 1.807) is 0 Å². The lowest BCUT2D eigenvalue weighted by molar-refractivity contribution is 0.592. The lowest BCUT2D eigenvalue weighted by atomic mass is 9.97. The molecule has 6 nitrogen and oxygen atoms in total.